The van der Waals surface area contributed by atoms with Crippen LogP contribution in [0.4, 0.5) is 5.69 Å². The molecular weight excluding hydrogens is 390 g/mol. The molecule has 1 atom stereocenters. The lowest BCUT2D eigenvalue weighted by molar-refractivity contribution is -0.127. The van der Waals surface area contributed by atoms with E-state index in [0.717, 1.165) is 27.8 Å². The zero-order valence-electron chi connectivity index (χ0n) is 18.7. The van der Waals surface area contributed by atoms with Crippen molar-refractivity contribution < 1.29 is 19.0 Å². The quantitative estimate of drug-likeness (QED) is 0.509. The molecule has 1 N–H and O–H groups in total. The smallest absolute Gasteiger partial charge is 0.258 e. The van der Waals surface area contributed by atoms with Crippen molar-refractivity contribution in [3.63, 3.8) is 0 Å². The Morgan fingerprint density at radius 1 is 0.871 bits per heavy atom. The van der Waals surface area contributed by atoms with E-state index in [4.69, 9.17) is 14.2 Å². The van der Waals surface area contributed by atoms with Gasteiger partial charge in [-0.1, -0.05) is 47.5 Å². The summed E-state index contributed by atoms with van der Waals surface area (Å²) in [5, 5.41) is 3.06. The summed E-state index contributed by atoms with van der Waals surface area (Å²) in [6.07, 6.45) is -0.690. The number of amides is 1. The van der Waals surface area contributed by atoms with Gasteiger partial charge >= 0.3 is 0 Å². The fourth-order valence-corrected chi connectivity index (χ4v) is 3.44. The number of anilines is 1. The first kappa shape index (κ1) is 22.4. The van der Waals surface area contributed by atoms with E-state index in [0.29, 0.717) is 23.8 Å². The van der Waals surface area contributed by atoms with Crippen LogP contribution < -0.4 is 14.8 Å². The maximum atomic E-state index is 13.2. The highest BCUT2D eigenvalue weighted by Gasteiger charge is 2.22. The Hall–Kier alpha value is -3.31. The summed E-state index contributed by atoms with van der Waals surface area (Å²) in [6, 6.07) is 19.5. The van der Waals surface area contributed by atoms with Crippen molar-refractivity contribution in [2.45, 2.75) is 26.9 Å². The third-order valence-corrected chi connectivity index (χ3v) is 5.08. The fraction of sp³-hybridized carbons (Fsp3) is 0.269. The van der Waals surface area contributed by atoms with Gasteiger partial charge in [-0.25, -0.2) is 0 Å². The number of aryl methyl sites for hydroxylation is 2. The number of ether oxygens (including phenoxy) is 3. The van der Waals surface area contributed by atoms with Crippen LogP contribution in [0.2, 0.25) is 0 Å². The number of carbonyl (C=O) groups is 1. The van der Waals surface area contributed by atoms with Crippen LogP contribution in [-0.4, -0.2) is 26.7 Å². The van der Waals surface area contributed by atoms with Crippen molar-refractivity contribution in [2.75, 3.05) is 26.1 Å². The normalized spacial score (nSPS) is 11.6. The minimum absolute atomic E-state index is 0.212. The first-order chi connectivity index (χ1) is 15.0. The van der Waals surface area contributed by atoms with Gasteiger partial charge in [0.25, 0.3) is 5.91 Å². The minimum Gasteiger partial charge on any atom is -0.493 e. The standard InChI is InChI=1S/C26H29NO4/c1-6-31-25(19-10-7-17(2)8-11-19)26(28)27-22-13-9-18(3)15-21(22)20-12-14-23(29-4)24(16-20)30-5/h7-16,25H,6H2,1-5H3,(H,27,28). The van der Waals surface area contributed by atoms with E-state index in [2.05, 4.69) is 5.32 Å². The summed E-state index contributed by atoms with van der Waals surface area (Å²) in [4.78, 5) is 13.2. The van der Waals surface area contributed by atoms with Crippen LogP contribution in [0.25, 0.3) is 11.1 Å². The molecule has 162 valence electrons. The molecule has 5 heteroatoms. The van der Waals surface area contributed by atoms with Gasteiger partial charge in [0.1, 0.15) is 0 Å². The predicted octanol–water partition coefficient (Wildman–Crippen LogP) is 5.70. The lowest BCUT2D eigenvalue weighted by atomic mass is 10.00. The third-order valence-electron chi connectivity index (χ3n) is 5.08. The maximum absolute atomic E-state index is 13.2. The van der Waals surface area contributed by atoms with E-state index in [-0.39, 0.29) is 5.91 Å². The topological polar surface area (TPSA) is 56.8 Å². The molecule has 0 aliphatic rings. The molecule has 3 aromatic carbocycles. The molecule has 0 fully saturated rings. The summed E-state index contributed by atoms with van der Waals surface area (Å²) in [6.45, 7) is 6.35. The van der Waals surface area contributed by atoms with Gasteiger partial charge in [-0.2, -0.15) is 0 Å². The zero-order chi connectivity index (χ0) is 22.4. The highest BCUT2D eigenvalue weighted by Crippen LogP contribution is 2.36. The molecule has 0 radical (unpaired) electrons. The monoisotopic (exact) mass is 419 g/mol. The highest BCUT2D eigenvalue weighted by atomic mass is 16.5. The molecule has 5 nitrogen and oxygen atoms in total. The molecule has 0 heterocycles. The Balaban J connectivity index is 1.96. The average molecular weight is 420 g/mol. The van der Waals surface area contributed by atoms with Crippen LogP contribution in [0.15, 0.2) is 60.7 Å². The minimum atomic E-state index is -0.690. The van der Waals surface area contributed by atoms with Crippen LogP contribution in [0, 0.1) is 13.8 Å². The summed E-state index contributed by atoms with van der Waals surface area (Å²) >= 11 is 0. The van der Waals surface area contributed by atoms with Gasteiger partial charge in [0.2, 0.25) is 0 Å². The van der Waals surface area contributed by atoms with Gasteiger partial charge in [0.15, 0.2) is 17.6 Å². The number of carbonyl (C=O) groups excluding carboxylic acids is 1. The molecule has 0 saturated heterocycles. The van der Waals surface area contributed by atoms with Gasteiger partial charge in [0.05, 0.1) is 14.2 Å². The number of hydrogen-bond donors (Lipinski definition) is 1. The van der Waals surface area contributed by atoms with Crippen molar-refractivity contribution in [2.24, 2.45) is 0 Å². The molecule has 3 rings (SSSR count). The maximum Gasteiger partial charge on any atom is 0.258 e. The Labute approximate surface area is 184 Å². The van der Waals surface area contributed by atoms with Crippen LogP contribution in [0.5, 0.6) is 11.5 Å². The second-order valence-electron chi connectivity index (χ2n) is 7.35. The lowest BCUT2D eigenvalue weighted by Crippen LogP contribution is -2.24. The van der Waals surface area contributed by atoms with Crippen molar-refractivity contribution in [3.8, 4) is 22.6 Å². The van der Waals surface area contributed by atoms with E-state index < -0.39 is 6.10 Å². The number of hydrogen-bond acceptors (Lipinski definition) is 4. The molecule has 0 spiro atoms. The molecule has 31 heavy (non-hydrogen) atoms. The summed E-state index contributed by atoms with van der Waals surface area (Å²) < 4.78 is 16.6. The number of rotatable bonds is 8. The molecule has 0 bridgehead atoms. The van der Waals surface area contributed by atoms with Gasteiger partial charge in [-0.05, 0) is 56.2 Å². The average Bonchev–Trinajstić information content (AvgIpc) is 2.78. The van der Waals surface area contributed by atoms with Crippen molar-refractivity contribution in [3.05, 3.63) is 77.4 Å². The SMILES string of the molecule is CCOC(C(=O)Nc1ccc(C)cc1-c1ccc(OC)c(OC)c1)c1ccc(C)cc1. The van der Waals surface area contributed by atoms with E-state index in [1.165, 1.54) is 0 Å². The molecule has 1 unspecified atom stereocenters. The fourth-order valence-electron chi connectivity index (χ4n) is 3.44. The number of methoxy groups -OCH3 is 2. The third kappa shape index (κ3) is 5.25. The zero-order valence-corrected chi connectivity index (χ0v) is 18.7. The highest BCUT2D eigenvalue weighted by molar-refractivity contribution is 5.98. The Morgan fingerprint density at radius 3 is 2.19 bits per heavy atom. The van der Waals surface area contributed by atoms with E-state index in [9.17, 15) is 4.79 Å². The van der Waals surface area contributed by atoms with Crippen molar-refractivity contribution >= 4 is 11.6 Å². The molecule has 0 saturated carbocycles. The van der Waals surface area contributed by atoms with Gasteiger partial charge in [0, 0.05) is 17.9 Å². The number of benzene rings is 3. The summed E-state index contributed by atoms with van der Waals surface area (Å²) in [5.74, 6) is 1.07. The molecule has 1 amide bonds. The Kier molecular flexibility index (Phi) is 7.32. The van der Waals surface area contributed by atoms with Crippen LogP contribution >= 0.6 is 0 Å². The van der Waals surface area contributed by atoms with Crippen molar-refractivity contribution in [1.29, 1.82) is 0 Å². The summed E-state index contributed by atoms with van der Waals surface area (Å²) in [5.41, 5.74) is 5.56. The first-order valence-electron chi connectivity index (χ1n) is 10.3. The molecular formula is C26H29NO4. The van der Waals surface area contributed by atoms with E-state index >= 15 is 0 Å². The first-order valence-corrected chi connectivity index (χ1v) is 10.3. The van der Waals surface area contributed by atoms with E-state index in [1.54, 1.807) is 14.2 Å². The molecule has 0 aliphatic carbocycles. The largest absolute Gasteiger partial charge is 0.493 e. The van der Waals surface area contributed by atoms with E-state index in [1.807, 2.05) is 81.4 Å². The molecule has 0 aliphatic heterocycles. The van der Waals surface area contributed by atoms with Crippen molar-refractivity contribution in [1.82, 2.24) is 0 Å². The number of nitrogens with one attached hydrogen (secondary N) is 1. The predicted molar refractivity (Wildman–Crippen MR) is 124 cm³/mol. The van der Waals surface area contributed by atoms with Crippen LogP contribution in [0.3, 0.4) is 0 Å². The Bertz CT molecular complexity index is 1040. The Morgan fingerprint density at radius 2 is 1.55 bits per heavy atom. The van der Waals surface area contributed by atoms with Gasteiger partial charge in [-0.3, -0.25) is 4.79 Å². The second kappa shape index (κ2) is 10.1. The van der Waals surface area contributed by atoms with Crippen LogP contribution in [-0.2, 0) is 9.53 Å². The van der Waals surface area contributed by atoms with Gasteiger partial charge in [-0.15, -0.1) is 0 Å². The van der Waals surface area contributed by atoms with Gasteiger partial charge < -0.3 is 19.5 Å². The summed E-state index contributed by atoms with van der Waals surface area (Å²) in [7, 11) is 3.21. The molecule has 3 aromatic rings. The lowest BCUT2D eigenvalue weighted by Gasteiger charge is -2.19. The molecule has 0 aromatic heterocycles. The van der Waals surface area contributed by atoms with Crippen LogP contribution in [0.1, 0.15) is 29.7 Å². The second-order valence-corrected chi connectivity index (χ2v) is 7.35.